The van der Waals surface area contributed by atoms with Gasteiger partial charge < -0.3 is 45.5 Å². The van der Waals surface area contributed by atoms with E-state index in [1.165, 1.54) is 26.2 Å². The Balaban J connectivity index is 1.75. The molecule has 15 nitrogen and oxygen atoms in total. The zero-order valence-electron chi connectivity index (χ0n) is 39.0. The predicted molar refractivity (Wildman–Crippen MR) is 239 cm³/mol. The Labute approximate surface area is 369 Å². The summed E-state index contributed by atoms with van der Waals surface area (Å²) in [5.41, 5.74) is 7.80. The summed E-state index contributed by atoms with van der Waals surface area (Å²) >= 11 is 0. The number of benzene rings is 2. The smallest absolute Gasteiger partial charge is 0.410 e. The monoisotopic (exact) mass is 867 g/mol. The van der Waals surface area contributed by atoms with E-state index in [-0.39, 0.29) is 54.5 Å². The van der Waals surface area contributed by atoms with E-state index in [0.717, 1.165) is 12.0 Å². The van der Waals surface area contributed by atoms with Gasteiger partial charge in [-0.3, -0.25) is 24.1 Å². The first kappa shape index (κ1) is 51.6. The highest BCUT2D eigenvalue weighted by Gasteiger charge is 2.43. The molecule has 3 rings (SSSR count). The highest BCUT2D eigenvalue weighted by Crippen LogP contribution is 2.30. The van der Waals surface area contributed by atoms with Gasteiger partial charge in [0.25, 0.3) is 0 Å². The molecule has 0 saturated carbocycles. The molecule has 1 aliphatic heterocycles. The van der Waals surface area contributed by atoms with Gasteiger partial charge in [0.1, 0.15) is 18.7 Å². The van der Waals surface area contributed by atoms with Gasteiger partial charge in [0.05, 0.1) is 48.8 Å². The average molecular weight is 867 g/mol. The Morgan fingerprint density at radius 2 is 1.48 bits per heavy atom. The van der Waals surface area contributed by atoms with E-state index in [2.05, 4.69) is 10.6 Å². The third kappa shape index (κ3) is 13.4. The quantitative estimate of drug-likeness (QED) is 0.115. The van der Waals surface area contributed by atoms with Crippen LogP contribution in [0.1, 0.15) is 98.3 Å². The van der Waals surface area contributed by atoms with Crippen LogP contribution in [-0.4, -0.2) is 127 Å². The number of likely N-dealkylation sites (tertiary alicyclic amines) is 1. The largest absolute Gasteiger partial charge is 0.445 e. The number of carbonyl (C=O) groups excluding carboxylic acids is 5. The molecule has 0 bridgehead atoms. The van der Waals surface area contributed by atoms with Crippen LogP contribution in [0.2, 0.25) is 0 Å². The van der Waals surface area contributed by atoms with Crippen LogP contribution in [0.5, 0.6) is 0 Å². The van der Waals surface area contributed by atoms with Crippen molar-refractivity contribution in [1.82, 2.24) is 25.3 Å². The molecule has 2 aromatic rings. The first-order valence-corrected chi connectivity index (χ1v) is 22.0. The van der Waals surface area contributed by atoms with E-state index in [0.29, 0.717) is 30.6 Å². The van der Waals surface area contributed by atoms with Crippen molar-refractivity contribution in [2.24, 2.45) is 23.7 Å². The maximum Gasteiger partial charge on any atom is 0.410 e. The number of nitrogens with two attached hydrogens (primary N) is 1. The molecule has 346 valence electrons. The molecule has 0 spiro atoms. The lowest BCUT2D eigenvalue weighted by Crippen LogP contribution is -2.60. The lowest BCUT2D eigenvalue weighted by atomic mass is 9.89. The van der Waals surface area contributed by atoms with Gasteiger partial charge in [-0.05, 0) is 60.8 Å². The van der Waals surface area contributed by atoms with Gasteiger partial charge in [-0.2, -0.15) is 0 Å². The molecule has 10 unspecified atom stereocenters. The number of hydrogen-bond donors (Lipinski definition) is 4. The van der Waals surface area contributed by atoms with Crippen LogP contribution in [0.3, 0.4) is 0 Å². The molecule has 62 heavy (non-hydrogen) atoms. The zero-order chi connectivity index (χ0) is 46.4. The molecule has 1 aliphatic rings. The SMILES string of the molecule is CCC(C)C(C(CC(=O)N1CCCC1C(OC)C(C)C(=O)NC(C)C(O)c1ccccc1)OC)N(C)C(=O)C(NC(=O)C(C(C)C)N(C)C(=O)OCc1ccc(N)cc1)C(C)C. The second-order valence-electron chi connectivity index (χ2n) is 17.6. The predicted octanol–water partition coefficient (Wildman–Crippen LogP) is 5.16. The number of nitrogens with zero attached hydrogens (tertiary/aromatic N) is 3. The number of nitrogens with one attached hydrogen (secondary N) is 2. The fourth-order valence-electron chi connectivity index (χ4n) is 8.55. The number of aliphatic hydroxyl groups excluding tert-OH is 1. The normalized spacial score (nSPS) is 18.4. The van der Waals surface area contributed by atoms with Crippen LogP contribution in [-0.2, 0) is 40.0 Å². The van der Waals surface area contributed by atoms with Crippen molar-refractivity contribution >= 4 is 35.4 Å². The van der Waals surface area contributed by atoms with E-state index < -0.39 is 60.4 Å². The van der Waals surface area contributed by atoms with Crippen LogP contribution >= 0.6 is 0 Å². The number of ether oxygens (including phenoxy) is 3. The minimum atomic E-state index is -0.956. The maximum absolute atomic E-state index is 14.5. The van der Waals surface area contributed by atoms with Crippen molar-refractivity contribution < 1.29 is 43.3 Å². The molecular weight excluding hydrogens is 793 g/mol. The summed E-state index contributed by atoms with van der Waals surface area (Å²) < 4.78 is 17.5. The van der Waals surface area contributed by atoms with Crippen molar-refractivity contribution in [1.29, 1.82) is 0 Å². The van der Waals surface area contributed by atoms with Gasteiger partial charge >= 0.3 is 6.09 Å². The number of methoxy groups -OCH3 is 2. The Hall–Kier alpha value is -4.73. The van der Waals surface area contributed by atoms with Gasteiger partial charge in [0.2, 0.25) is 23.6 Å². The van der Waals surface area contributed by atoms with E-state index >= 15 is 0 Å². The summed E-state index contributed by atoms with van der Waals surface area (Å²) in [6.07, 6.45) is -0.909. The van der Waals surface area contributed by atoms with E-state index in [1.807, 2.05) is 59.7 Å². The second kappa shape index (κ2) is 24.2. The Bertz CT molecular complexity index is 1740. The number of likely N-dealkylation sites (N-methyl/N-ethyl adjacent to an activating group) is 2. The summed E-state index contributed by atoms with van der Waals surface area (Å²) in [4.78, 5) is 74.2. The number of rotatable bonds is 22. The Morgan fingerprint density at radius 3 is 2.03 bits per heavy atom. The molecule has 2 aromatic carbocycles. The number of carbonyl (C=O) groups is 5. The van der Waals surface area contributed by atoms with Gasteiger partial charge in [0, 0.05) is 40.5 Å². The first-order chi connectivity index (χ1) is 29.3. The first-order valence-electron chi connectivity index (χ1n) is 22.0. The number of amides is 5. The molecule has 0 radical (unpaired) electrons. The molecule has 1 fully saturated rings. The molecule has 10 atom stereocenters. The lowest BCUT2D eigenvalue weighted by Gasteiger charge is -2.41. The minimum absolute atomic E-state index is 0.00367. The third-order valence-corrected chi connectivity index (χ3v) is 12.4. The van der Waals surface area contributed by atoms with Gasteiger partial charge in [0.15, 0.2) is 0 Å². The summed E-state index contributed by atoms with van der Waals surface area (Å²) in [7, 11) is 6.24. The van der Waals surface area contributed by atoms with Crippen LogP contribution in [0.15, 0.2) is 54.6 Å². The van der Waals surface area contributed by atoms with Gasteiger partial charge in [-0.1, -0.05) is 97.4 Å². The molecule has 5 amide bonds. The summed E-state index contributed by atoms with van der Waals surface area (Å²) in [5.74, 6) is -2.72. The molecular formula is C47H74N6O9. The molecule has 0 aliphatic carbocycles. The molecule has 0 aromatic heterocycles. The number of nitrogen functional groups attached to an aromatic ring is 1. The number of hydrogen-bond acceptors (Lipinski definition) is 10. The highest BCUT2D eigenvalue weighted by atomic mass is 16.6. The number of anilines is 1. The van der Waals surface area contributed by atoms with Gasteiger partial charge in [-0.15, -0.1) is 0 Å². The molecule has 15 heteroatoms. The molecule has 5 N–H and O–H groups in total. The van der Waals surface area contributed by atoms with Crippen molar-refractivity contribution in [2.75, 3.05) is 40.6 Å². The Kier molecular flexibility index (Phi) is 20.2. The van der Waals surface area contributed by atoms with Crippen LogP contribution in [0, 0.1) is 23.7 Å². The Morgan fingerprint density at radius 1 is 0.855 bits per heavy atom. The average Bonchev–Trinajstić information content (AvgIpc) is 3.74. The van der Waals surface area contributed by atoms with Crippen molar-refractivity contribution in [2.45, 2.75) is 136 Å². The summed E-state index contributed by atoms with van der Waals surface area (Å²) in [6.45, 7) is 15.3. The van der Waals surface area contributed by atoms with Crippen LogP contribution in [0.25, 0.3) is 0 Å². The van der Waals surface area contributed by atoms with E-state index in [9.17, 15) is 29.1 Å². The fraction of sp³-hybridized carbons (Fsp3) is 0.638. The standard InChI is InChI=1S/C47H74N6O9/c1-13-30(6)41(51(9)46(58)39(28(2)3)50-45(57)40(29(4)5)52(10)47(59)62-27-33-21-23-35(48)24-22-33)37(60-11)26-38(54)53-25-17-20-36(53)43(61-12)31(7)44(56)49-32(8)42(55)34-18-15-14-16-19-34/h14-16,18-19,21-24,28-32,36-37,39-43,55H,13,17,20,25-27,48H2,1-12H3,(H,49,56)(H,50,57). The lowest BCUT2D eigenvalue weighted by molar-refractivity contribution is -0.148. The van der Waals surface area contributed by atoms with Crippen molar-refractivity contribution in [3.05, 3.63) is 65.7 Å². The fourth-order valence-corrected chi connectivity index (χ4v) is 8.55. The molecule has 1 heterocycles. The summed E-state index contributed by atoms with van der Waals surface area (Å²) in [5, 5.41) is 16.8. The second-order valence-corrected chi connectivity index (χ2v) is 17.6. The topological polar surface area (TPSA) is 193 Å². The highest BCUT2D eigenvalue weighted by molar-refractivity contribution is 5.91. The molecule has 1 saturated heterocycles. The summed E-state index contributed by atoms with van der Waals surface area (Å²) in [6, 6.07) is 12.7. The van der Waals surface area contributed by atoms with E-state index in [4.69, 9.17) is 19.9 Å². The van der Waals surface area contributed by atoms with E-state index in [1.54, 1.807) is 67.1 Å². The number of aliphatic hydroxyl groups is 1. The maximum atomic E-state index is 14.5. The van der Waals surface area contributed by atoms with Crippen molar-refractivity contribution in [3.63, 3.8) is 0 Å². The van der Waals surface area contributed by atoms with Crippen LogP contribution in [0.4, 0.5) is 10.5 Å². The third-order valence-electron chi connectivity index (χ3n) is 12.4. The van der Waals surface area contributed by atoms with Crippen LogP contribution < -0.4 is 16.4 Å². The zero-order valence-corrected chi connectivity index (χ0v) is 39.0. The van der Waals surface area contributed by atoms with Gasteiger partial charge in [-0.25, -0.2) is 4.79 Å². The minimum Gasteiger partial charge on any atom is -0.445 e. The van der Waals surface area contributed by atoms with Crippen molar-refractivity contribution in [3.8, 4) is 0 Å².